The van der Waals surface area contributed by atoms with Crippen molar-refractivity contribution in [2.75, 3.05) is 18.0 Å². The fraction of sp³-hybridized carbons (Fsp3) is 0.562. The highest BCUT2D eigenvalue weighted by atomic mass is 16.2. The highest BCUT2D eigenvalue weighted by Crippen LogP contribution is 2.25. The third-order valence-corrected chi connectivity index (χ3v) is 3.72. The molecule has 1 saturated heterocycles. The molecule has 1 amide bonds. The number of carbonyl (C=O) groups excluding carboxylic acids is 1. The molecule has 1 aromatic carbocycles. The Balaban J connectivity index is 2.24. The molecule has 1 aromatic rings. The molecule has 1 fully saturated rings. The van der Waals surface area contributed by atoms with Crippen LogP contribution in [-0.4, -0.2) is 31.1 Å². The van der Waals surface area contributed by atoms with Gasteiger partial charge in [-0.3, -0.25) is 4.79 Å². The molecular weight excluding hydrogens is 250 g/mol. The van der Waals surface area contributed by atoms with Crippen LogP contribution in [0.5, 0.6) is 0 Å². The molecule has 0 spiro atoms. The third-order valence-electron chi connectivity index (χ3n) is 3.72. The molecule has 1 aliphatic heterocycles. The van der Waals surface area contributed by atoms with Gasteiger partial charge >= 0.3 is 0 Å². The number of rotatable bonds is 5. The van der Waals surface area contributed by atoms with E-state index in [1.165, 1.54) is 11.3 Å². The van der Waals surface area contributed by atoms with Crippen LogP contribution < -0.4 is 15.5 Å². The van der Waals surface area contributed by atoms with Crippen LogP contribution in [0.4, 0.5) is 5.69 Å². The summed E-state index contributed by atoms with van der Waals surface area (Å²) >= 11 is 0. The Bertz CT molecular complexity index is 459. The first-order chi connectivity index (χ1) is 9.63. The SMILES string of the molecule is CCC1C(=O)NCCN1c1ccccc1CNC(C)C. The molecule has 0 radical (unpaired) electrons. The first kappa shape index (κ1) is 14.9. The van der Waals surface area contributed by atoms with Crippen LogP contribution >= 0.6 is 0 Å². The fourth-order valence-electron chi connectivity index (χ4n) is 2.66. The second kappa shape index (κ2) is 6.75. The Hall–Kier alpha value is -1.55. The molecule has 1 atom stereocenters. The highest BCUT2D eigenvalue weighted by molar-refractivity contribution is 5.86. The molecule has 110 valence electrons. The Morgan fingerprint density at radius 1 is 1.40 bits per heavy atom. The van der Waals surface area contributed by atoms with Gasteiger partial charge in [-0.25, -0.2) is 0 Å². The maximum atomic E-state index is 12.0. The van der Waals surface area contributed by atoms with E-state index in [2.05, 4.69) is 54.5 Å². The lowest BCUT2D eigenvalue weighted by atomic mass is 10.1. The maximum absolute atomic E-state index is 12.0. The summed E-state index contributed by atoms with van der Waals surface area (Å²) in [7, 11) is 0. The Morgan fingerprint density at radius 2 is 2.15 bits per heavy atom. The number of para-hydroxylation sites is 1. The van der Waals surface area contributed by atoms with Gasteiger partial charge in [0.1, 0.15) is 6.04 Å². The summed E-state index contributed by atoms with van der Waals surface area (Å²) in [6.07, 6.45) is 0.831. The average Bonchev–Trinajstić information content (AvgIpc) is 2.45. The van der Waals surface area contributed by atoms with E-state index in [1.807, 2.05) is 6.07 Å². The Labute approximate surface area is 121 Å². The minimum Gasteiger partial charge on any atom is -0.357 e. The molecule has 1 heterocycles. The Kier molecular flexibility index (Phi) is 5.01. The molecule has 1 aliphatic rings. The van der Waals surface area contributed by atoms with Crippen molar-refractivity contribution in [1.29, 1.82) is 0 Å². The van der Waals surface area contributed by atoms with Gasteiger partial charge in [0.15, 0.2) is 0 Å². The lowest BCUT2D eigenvalue weighted by Gasteiger charge is -2.37. The summed E-state index contributed by atoms with van der Waals surface area (Å²) in [5.41, 5.74) is 2.44. The van der Waals surface area contributed by atoms with E-state index in [4.69, 9.17) is 0 Å². The molecule has 2 N–H and O–H groups in total. The predicted octanol–water partition coefficient (Wildman–Crippen LogP) is 1.90. The van der Waals surface area contributed by atoms with Gasteiger partial charge in [0.05, 0.1) is 0 Å². The summed E-state index contributed by atoms with van der Waals surface area (Å²) in [6.45, 7) is 8.79. The number of anilines is 1. The molecule has 4 nitrogen and oxygen atoms in total. The van der Waals surface area contributed by atoms with E-state index in [1.54, 1.807) is 0 Å². The van der Waals surface area contributed by atoms with Crippen molar-refractivity contribution < 1.29 is 4.79 Å². The number of nitrogens with one attached hydrogen (secondary N) is 2. The van der Waals surface area contributed by atoms with E-state index in [0.717, 1.165) is 26.1 Å². The summed E-state index contributed by atoms with van der Waals surface area (Å²) in [5.74, 6) is 0.144. The zero-order valence-corrected chi connectivity index (χ0v) is 12.6. The lowest BCUT2D eigenvalue weighted by Crippen LogP contribution is -2.55. The summed E-state index contributed by atoms with van der Waals surface area (Å²) < 4.78 is 0. The lowest BCUT2D eigenvalue weighted by molar-refractivity contribution is -0.123. The van der Waals surface area contributed by atoms with Crippen LogP contribution in [0.1, 0.15) is 32.8 Å². The van der Waals surface area contributed by atoms with Gasteiger partial charge in [0.2, 0.25) is 5.91 Å². The van der Waals surface area contributed by atoms with Crippen LogP contribution in [-0.2, 0) is 11.3 Å². The van der Waals surface area contributed by atoms with Crippen molar-refractivity contribution in [3.05, 3.63) is 29.8 Å². The monoisotopic (exact) mass is 275 g/mol. The number of benzene rings is 1. The van der Waals surface area contributed by atoms with Gasteiger partial charge in [0.25, 0.3) is 0 Å². The largest absolute Gasteiger partial charge is 0.357 e. The zero-order chi connectivity index (χ0) is 14.5. The second-order valence-electron chi connectivity index (χ2n) is 5.57. The number of amides is 1. The molecule has 0 aromatic heterocycles. The number of nitrogens with zero attached hydrogens (tertiary/aromatic N) is 1. The van der Waals surface area contributed by atoms with E-state index in [9.17, 15) is 4.79 Å². The first-order valence-corrected chi connectivity index (χ1v) is 7.49. The van der Waals surface area contributed by atoms with Crippen molar-refractivity contribution in [2.24, 2.45) is 0 Å². The Morgan fingerprint density at radius 3 is 2.85 bits per heavy atom. The summed E-state index contributed by atoms with van der Waals surface area (Å²) in [4.78, 5) is 14.3. The quantitative estimate of drug-likeness (QED) is 0.862. The molecule has 0 saturated carbocycles. The fourth-order valence-corrected chi connectivity index (χ4v) is 2.66. The predicted molar refractivity (Wildman–Crippen MR) is 82.9 cm³/mol. The van der Waals surface area contributed by atoms with E-state index < -0.39 is 0 Å². The molecule has 20 heavy (non-hydrogen) atoms. The molecule has 1 unspecified atom stereocenters. The summed E-state index contributed by atoms with van der Waals surface area (Å²) in [5, 5.41) is 6.41. The zero-order valence-electron chi connectivity index (χ0n) is 12.6. The molecule has 4 heteroatoms. The van der Waals surface area contributed by atoms with E-state index in [0.29, 0.717) is 6.04 Å². The van der Waals surface area contributed by atoms with E-state index in [-0.39, 0.29) is 11.9 Å². The number of hydrogen-bond donors (Lipinski definition) is 2. The van der Waals surface area contributed by atoms with E-state index >= 15 is 0 Å². The van der Waals surface area contributed by atoms with Gasteiger partial charge in [-0.2, -0.15) is 0 Å². The van der Waals surface area contributed by atoms with Gasteiger partial charge in [-0.05, 0) is 18.1 Å². The highest BCUT2D eigenvalue weighted by Gasteiger charge is 2.29. The minimum absolute atomic E-state index is 0.0519. The van der Waals surface area contributed by atoms with Crippen LogP contribution in [0.15, 0.2) is 24.3 Å². The number of carbonyl (C=O) groups is 1. The van der Waals surface area contributed by atoms with Crippen molar-refractivity contribution in [3.8, 4) is 0 Å². The van der Waals surface area contributed by atoms with Crippen molar-refractivity contribution >= 4 is 11.6 Å². The van der Waals surface area contributed by atoms with Crippen molar-refractivity contribution in [2.45, 2.75) is 45.8 Å². The average molecular weight is 275 g/mol. The normalized spacial score (nSPS) is 19.3. The van der Waals surface area contributed by atoms with Gasteiger partial charge < -0.3 is 15.5 Å². The van der Waals surface area contributed by atoms with Gasteiger partial charge in [0, 0.05) is 31.4 Å². The number of hydrogen-bond acceptors (Lipinski definition) is 3. The minimum atomic E-state index is -0.0519. The number of piperazine rings is 1. The topological polar surface area (TPSA) is 44.4 Å². The second-order valence-corrected chi connectivity index (χ2v) is 5.57. The van der Waals surface area contributed by atoms with Crippen LogP contribution in [0, 0.1) is 0 Å². The van der Waals surface area contributed by atoms with Crippen molar-refractivity contribution in [1.82, 2.24) is 10.6 Å². The van der Waals surface area contributed by atoms with Gasteiger partial charge in [-0.1, -0.05) is 39.0 Å². The maximum Gasteiger partial charge on any atom is 0.242 e. The molecular formula is C16H25N3O. The van der Waals surface area contributed by atoms with Crippen molar-refractivity contribution in [3.63, 3.8) is 0 Å². The molecule has 0 aliphatic carbocycles. The third kappa shape index (κ3) is 3.31. The smallest absolute Gasteiger partial charge is 0.242 e. The van der Waals surface area contributed by atoms with Crippen LogP contribution in [0.25, 0.3) is 0 Å². The molecule has 2 rings (SSSR count). The summed E-state index contributed by atoms with van der Waals surface area (Å²) in [6, 6.07) is 8.78. The first-order valence-electron chi connectivity index (χ1n) is 7.49. The molecule has 0 bridgehead atoms. The van der Waals surface area contributed by atoms with Gasteiger partial charge in [-0.15, -0.1) is 0 Å². The standard InChI is InChI=1S/C16H25N3O/c1-4-14-16(20)17-9-10-19(14)15-8-6-5-7-13(15)11-18-12(2)3/h5-8,12,14,18H,4,9-11H2,1-3H3,(H,17,20). The van der Waals surface area contributed by atoms with Crippen LogP contribution in [0.3, 0.4) is 0 Å². The van der Waals surface area contributed by atoms with Crippen LogP contribution in [0.2, 0.25) is 0 Å².